The van der Waals surface area contributed by atoms with E-state index >= 15 is 0 Å². The van der Waals surface area contributed by atoms with Gasteiger partial charge in [0.1, 0.15) is 24.2 Å². The Morgan fingerprint density at radius 1 is 0.692 bits per heavy atom. The highest BCUT2D eigenvalue weighted by Gasteiger charge is 2.31. The van der Waals surface area contributed by atoms with Crippen molar-refractivity contribution < 1.29 is 33.9 Å². The zero-order valence-electron chi connectivity index (χ0n) is 29.7. The molecule has 0 heterocycles. The molecule has 0 radical (unpaired) electrons. The summed E-state index contributed by atoms with van der Waals surface area (Å²) in [6.07, 6.45) is 2.74. The molecule has 0 saturated carbocycles. The molecular weight excluding hydrogens is 707 g/mol. The van der Waals surface area contributed by atoms with E-state index in [-0.39, 0.29) is 37.2 Å². The Kier molecular flexibility index (Phi) is 19.9. The van der Waals surface area contributed by atoms with Crippen LogP contribution in [-0.4, -0.2) is 84.4 Å². The maximum atomic E-state index is 13.8. The van der Waals surface area contributed by atoms with Crippen LogP contribution >= 0.6 is 25.3 Å². The van der Waals surface area contributed by atoms with Crippen molar-refractivity contribution in [1.82, 2.24) is 26.6 Å². The molecule has 4 atom stereocenters. The molecule has 286 valence electrons. The van der Waals surface area contributed by atoms with Crippen molar-refractivity contribution >= 4 is 60.8 Å². The van der Waals surface area contributed by atoms with Gasteiger partial charge in [-0.15, -0.1) is 25.3 Å². The number of hydrogen-bond acceptors (Lipinski definition) is 10. The van der Waals surface area contributed by atoms with Gasteiger partial charge in [0.15, 0.2) is 0 Å². The Balaban J connectivity index is 2.23. The molecule has 0 aliphatic heterocycles. The predicted octanol–water partition coefficient (Wildman–Crippen LogP) is 1.56. The average Bonchev–Trinajstić information content (AvgIpc) is 3.08. The van der Waals surface area contributed by atoms with Crippen LogP contribution in [0.15, 0.2) is 58.3 Å². The quantitative estimate of drug-likeness (QED) is 0.0584. The normalized spacial score (nSPS) is 13.3. The first-order valence-electron chi connectivity index (χ1n) is 17.4. The topological polar surface area (TPSA) is 235 Å². The van der Waals surface area contributed by atoms with Crippen LogP contribution in [0.5, 0.6) is 0 Å². The van der Waals surface area contributed by atoms with Gasteiger partial charge in [-0.3, -0.25) is 24.0 Å². The Labute approximate surface area is 316 Å². The Bertz CT molecular complexity index is 1480. The molecule has 10 N–H and O–H groups in total. The highest BCUT2D eigenvalue weighted by atomic mass is 32.1. The number of benzene rings is 2. The molecule has 14 nitrogen and oxygen atoms in total. The van der Waals surface area contributed by atoms with Crippen molar-refractivity contribution in [2.45, 2.75) is 99.2 Å². The molecule has 2 rings (SSSR count). The number of rotatable bonds is 23. The molecule has 2 aromatic carbocycles. The number of thiol groups is 2. The van der Waals surface area contributed by atoms with E-state index < -0.39 is 66.2 Å². The Morgan fingerprint density at radius 2 is 1.21 bits per heavy atom. The molecule has 0 aliphatic carbocycles. The number of carbonyl (C=O) groups excluding carboxylic acids is 5. The van der Waals surface area contributed by atoms with Crippen molar-refractivity contribution in [3.63, 3.8) is 0 Å². The standard InChI is InChI=1S/C36H53N7O7S2/c1-22(2)16-29(40-31(44)21-39-32(45)24-18-25(51)20-26(52)19-24)34(47)41-27(12-6-8-14-37)33(46)43-30(17-23-10-4-3-5-11-23)35(48)42-28(36(49)50)13-7-9-15-38/h3-5,10-11,18-20,22,27-30,51-52H,6-9,12-17,21,37-38H2,1-2H3,(H,39,45)(H,40,44)(H,41,47)(H,42,48)(H,43,46)(H,49,50)/t27-,28-,29-,30-/m0/s1. The predicted molar refractivity (Wildman–Crippen MR) is 204 cm³/mol. The third-order valence-corrected chi connectivity index (χ3v) is 8.51. The molecule has 0 aromatic heterocycles. The first-order valence-corrected chi connectivity index (χ1v) is 18.3. The fourth-order valence-corrected chi connectivity index (χ4v) is 5.98. The van der Waals surface area contributed by atoms with Gasteiger partial charge in [-0.2, -0.15) is 0 Å². The van der Waals surface area contributed by atoms with Gasteiger partial charge in [0, 0.05) is 21.8 Å². The van der Waals surface area contributed by atoms with Gasteiger partial charge in [0.05, 0.1) is 6.54 Å². The van der Waals surface area contributed by atoms with E-state index in [4.69, 9.17) is 11.5 Å². The molecule has 0 bridgehead atoms. The third-order valence-electron chi connectivity index (χ3n) is 7.99. The maximum absolute atomic E-state index is 13.8. The van der Waals surface area contributed by atoms with Crippen LogP contribution in [0.25, 0.3) is 0 Å². The summed E-state index contributed by atoms with van der Waals surface area (Å²) < 4.78 is 0. The molecule has 0 saturated heterocycles. The first-order chi connectivity index (χ1) is 24.7. The SMILES string of the molecule is CC(C)C[C@H](NC(=O)CNC(=O)c1cc(S)cc(S)c1)C(=O)N[C@@H](CCCCN)C(=O)N[C@@H](Cc1ccccc1)C(=O)N[C@@H](CCCCN)C(=O)O. The van der Waals surface area contributed by atoms with Crippen molar-refractivity contribution in [2.24, 2.45) is 17.4 Å². The summed E-state index contributed by atoms with van der Waals surface area (Å²) in [5.74, 6) is -4.37. The second-order valence-corrected chi connectivity index (χ2v) is 14.0. The lowest BCUT2D eigenvalue weighted by Gasteiger charge is -2.27. The van der Waals surface area contributed by atoms with E-state index in [1.807, 2.05) is 13.8 Å². The minimum atomic E-state index is -1.21. The van der Waals surface area contributed by atoms with Gasteiger partial charge in [0.25, 0.3) is 5.91 Å². The van der Waals surface area contributed by atoms with Crippen molar-refractivity contribution in [1.29, 1.82) is 0 Å². The van der Waals surface area contributed by atoms with Crippen LogP contribution in [0.2, 0.25) is 0 Å². The summed E-state index contributed by atoms with van der Waals surface area (Å²) in [7, 11) is 0. The minimum absolute atomic E-state index is 0.0342. The number of carboxylic acids is 1. The van der Waals surface area contributed by atoms with Crippen LogP contribution in [0.1, 0.15) is 74.7 Å². The number of amides is 5. The third kappa shape index (κ3) is 16.5. The minimum Gasteiger partial charge on any atom is -0.480 e. The highest BCUT2D eigenvalue weighted by molar-refractivity contribution is 7.81. The number of nitrogens with one attached hydrogen (secondary N) is 5. The number of aliphatic carboxylic acids is 1. The maximum Gasteiger partial charge on any atom is 0.326 e. The van der Waals surface area contributed by atoms with Crippen molar-refractivity contribution in [3.8, 4) is 0 Å². The fourth-order valence-electron chi connectivity index (χ4n) is 5.32. The van der Waals surface area contributed by atoms with Crippen LogP contribution in [0, 0.1) is 5.92 Å². The molecule has 0 unspecified atom stereocenters. The van der Waals surface area contributed by atoms with Gasteiger partial charge in [-0.25, -0.2) is 4.79 Å². The number of carbonyl (C=O) groups is 6. The van der Waals surface area contributed by atoms with Gasteiger partial charge in [-0.05, 0) is 87.7 Å². The molecule has 0 fully saturated rings. The van der Waals surface area contributed by atoms with Crippen molar-refractivity contribution in [3.05, 3.63) is 59.7 Å². The Hall–Kier alpha value is -4.12. The zero-order chi connectivity index (χ0) is 38.6. The number of carboxylic acid groups (broad SMARTS) is 1. The highest BCUT2D eigenvalue weighted by Crippen LogP contribution is 2.16. The summed E-state index contributed by atoms with van der Waals surface area (Å²) in [6, 6.07) is 9.12. The van der Waals surface area contributed by atoms with E-state index in [0.717, 1.165) is 5.56 Å². The first kappa shape index (κ1) is 44.0. The lowest BCUT2D eigenvalue weighted by molar-refractivity contribution is -0.142. The molecule has 5 amide bonds. The smallest absolute Gasteiger partial charge is 0.326 e. The monoisotopic (exact) mass is 759 g/mol. The summed E-state index contributed by atoms with van der Waals surface area (Å²) in [4.78, 5) is 79.6. The van der Waals surface area contributed by atoms with Gasteiger partial charge < -0.3 is 43.2 Å². The summed E-state index contributed by atoms with van der Waals surface area (Å²) in [6.45, 7) is 4.05. The number of unbranched alkanes of at least 4 members (excludes halogenated alkanes) is 2. The van der Waals surface area contributed by atoms with Gasteiger partial charge in [-0.1, -0.05) is 44.2 Å². The number of nitrogens with two attached hydrogens (primary N) is 2. The van der Waals surface area contributed by atoms with Crippen molar-refractivity contribution in [2.75, 3.05) is 19.6 Å². The molecule has 0 aliphatic rings. The zero-order valence-corrected chi connectivity index (χ0v) is 31.5. The van der Waals surface area contributed by atoms with E-state index in [9.17, 15) is 33.9 Å². The van der Waals surface area contributed by atoms with Gasteiger partial charge >= 0.3 is 5.97 Å². The summed E-state index contributed by atoms with van der Waals surface area (Å²) in [5, 5.41) is 22.9. The lowest BCUT2D eigenvalue weighted by Crippen LogP contribution is -2.58. The van der Waals surface area contributed by atoms with Crippen LogP contribution in [0.3, 0.4) is 0 Å². The van der Waals surface area contributed by atoms with E-state index in [2.05, 4.69) is 51.8 Å². The molecule has 2 aromatic rings. The van der Waals surface area contributed by atoms with E-state index in [0.29, 0.717) is 48.6 Å². The summed E-state index contributed by atoms with van der Waals surface area (Å²) in [5.41, 5.74) is 12.2. The molecule has 16 heteroatoms. The van der Waals surface area contributed by atoms with Crippen LogP contribution in [0.4, 0.5) is 0 Å². The molecular formula is C36H53N7O7S2. The second-order valence-electron chi connectivity index (χ2n) is 13.0. The van der Waals surface area contributed by atoms with Gasteiger partial charge in [0.2, 0.25) is 23.6 Å². The Morgan fingerprint density at radius 3 is 1.77 bits per heavy atom. The van der Waals surface area contributed by atoms with Crippen LogP contribution in [-0.2, 0) is 30.4 Å². The molecule has 52 heavy (non-hydrogen) atoms. The van der Waals surface area contributed by atoms with E-state index in [1.165, 1.54) is 12.1 Å². The fraction of sp³-hybridized carbons (Fsp3) is 0.500. The van der Waals surface area contributed by atoms with Crippen LogP contribution < -0.4 is 38.1 Å². The second kappa shape index (κ2) is 23.4. The number of hydrogen-bond donors (Lipinski definition) is 10. The average molecular weight is 760 g/mol. The summed E-state index contributed by atoms with van der Waals surface area (Å²) >= 11 is 8.49. The van der Waals surface area contributed by atoms with E-state index in [1.54, 1.807) is 36.4 Å². The lowest BCUT2D eigenvalue weighted by atomic mass is 10.0. The largest absolute Gasteiger partial charge is 0.480 e. The molecule has 0 spiro atoms.